The Morgan fingerprint density at radius 3 is 2.95 bits per heavy atom. The number of carbonyl (C=O) groups excluding carboxylic acids is 1. The number of amides is 1. The fraction of sp³-hybridized carbons (Fsp3) is 0.769. The molecule has 1 aromatic rings. The van der Waals surface area contributed by atoms with Crippen LogP contribution in [0.5, 0.6) is 0 Å². The molecule has 1 aliphatic rings. The molecule has 112 valence electrons. The van der Waals surface area contributed by atoms with Gasteiger partial charge in [0.2, 0.25) is 0 Å². The van der Waals surface area contributed by atoms with Crippen LogP contribution in [-0.2, 0) is 6.54 Å². The molecule has 1 aromatic heterocycles. The number of nitrogens with zero attached hydrogens (tertiary/aromatic N) is 4. The first-order chi connectivity index (χ1) is 9.69. The van der Waals surface area contributed by atoms with Crippen molar-refractivity contribution >= 4 is 5.91 Å². The first-order valence-corrected chi connectivity index (χ1v) is 7.28. The predicted molar refractivity (Wildman–Crippen MR) is 75.7 cm³/mol. The molecular weight excluding hydrogens is 256 g/mol. The van der Waals surface area contributed by atoms with E-state index in [9.17, 15) is 4.79 Å². The molecule has 0 bridgehead atoms. The average molecular weight is 280 g/mol. The lowest BCUT2D eigenvalue weighted by molar-refractivity contribution is 0.0948. The van der Waals surface area contributed by atoms with Gasteiger partial charge in [-0.1, -0.05) is 24.5 Å². The molecule has 1 fully saturated rings. The van der Waals surface area contributed by atoms with Crippen molar-refractivity contribution in [2.75, 3.05) is 20.1 Å². The zero-order chi connectivity index (χ0) is 14.4. The van der Waals surface area contributed by atoms with E-state index >= 15 is 0 Å². The van der Waals surface area contributed by atoms with Crippen LogP contribution in [0.3, 0.4) is 0 Å². The summed E-state index contributed by atoms with van der Waals surface area (Å²) in [5.41, 5.74) is 2.30. The third kappa shape index (κ3) is 4.28. The summed E-state index contributed by atoms with van der Waals surface area (Å²) >= 11 is 0. The van der Waals surface area contributed by atoms with Crippen LogP contribution in [0.1, 0.15) is 42.6 Å². The Balaban J connectivity index is 1.73. The van der Waals surface area contributed by atoms with Crippen molar-refractivity contribution in [1.29, 1.82) is 0 Å². The second kappa shape index (κ2) is 7.35. The Hall–Kier alpha value is -1.47. The summed E-state index contributed by atoms with van der Waals surface area (Å²) in [6, 6.07) is 0. The lowest BCUT2D eigenvalue weighted by Crippen LogP contribution is -2.30. The first-order valence-electron chi connectivity index (χ1n) is 7.28. The zero-order valence-electron chi connectivity index (χ0n) is 12.1. The number of nitrogens with two attached hydrogens (primary N) is 1. The number of hydrogen-bond donors (Lipinski definition) is 2. The number of hydrazine groups is 1. The molecule has 0 aromatic carbocycles. The lowest BCUT2D eigenvalue weighted by Gasteiger charge is -2.26. The molecule has 1 saturated carbocycles. The van der Waals surface area contributed by atoms with E-state index in [2.05, 4.69) is 22.3 Å². The van der Waals surface area contributed by atoms with Gasteiger partial charge in [0.1, 0.15) is 0 Å². The standard InChI is InChI=1S/C13H24N6O/c1-18(9-11-5-3-2-4-6-11)7-8-19-10-12(16-17-19)13(20)15-14/h10-11H,2-9,14H2,1H3,(H,15,20). The molecule has 0 unspecified atom stereocenters. The van der Waals surface area contributed by atoms with Gasteiger partial charge < -0.3 is 4.90 Å². The van der Waals surface area contributed by atoms with E-state index < -0.39 is 5.91 Å². The molecule has 7 nitrogen and oxygen atoms in total. The van der Waals surface area contributed by atoms with Crippen molar-refractivity contribution in [3.8, 4) is 0 Å². The fourth-order valence-corrected chi connectivity index (χ4v) is 2.76. The van der Waals surface area contributed by atoms with Crippen LogP contribution in [0.4, 0.5) is 0 Å². The molecule has 0 aliphatic heterocycles. The van der Waals surface area contributed by atoms with Crippen LogP contribution in [0.15, 0.2) is 6.20 Å². The van der Waals surface area contributed by atoms with Gasteiger partial charge in [0, 0.05) is 13.1 Å². The molecule has 2 rings (SSSR count). The minimum absolute atomic E-state index is 0.252. The van der Waals surface area contributed by atoms with Crippen LogP contribution in [0.25, 0.3) is 0 Å². The number of rotatable bonds is 6. The molecule has 1 amide bonds. The van der Waals surface area contributed by atoms with Gasteiger partial charge in [0.15, 0.2) is 5.69 Å². The highest BCUT2D eigenvalue weighted by Gasteiger charge is 2.15. The Kier molecular flexibility index (Phi) is 5.49. The maximum Gasteiger partial charge on any atom is 0.287 e. The topological polar surface area (TPSA) is 89.1 Å². The largest absolute Gasteiger partial charge is 0.304 e. The van der Waals surface area contributed by atoms with Gasteiger partial charge in [-0.25, -0.2) is 5.84 Å². The molecule has 7 heteroatoms. The van der Waals surface area contributed by atoms with Crippen molar-refractivity contribution in [2.24, 2.45) is 11.8 Å². The number of nitrogens with one attached hydrogen (secondary N) is 1. The molecule has 0 saturated heterocycles. The maximum atomic E-state index is 11.3. The summed E-state index contributed by atoms with van der Waals surface area (Å²) in [6.07, 6.45) is 8.48. The Bertz CT molecular complexity index is 426. The third-order valence-electron chi connectivity index (χ3n) is 3.91. The quantitative estimate of drug-likeness (QED) is 0.447. The van der Waals surface area contributed by atoms with Gasteiger partial charge in [0.25, 0.3) is 5.91 Å². The minimum atomic E-state index is -0.410. The van der Waals surface area contributed by atoms with Gasteiger partial charge in [0.05, 0.1) is 12.7 Å². The van der Waals surface area contributed by atoms with Gasteiger partial charge >= 0.3 is 0 Å². The van der Waals surface area contributed by atoms with Crippen LogP contribution in [-0.4, -0.2) is 45.9 Å². The molecule has 1 aliphatic carbocycles. The smallest absolute Gasteiger partial charge is 0.287 e. The molecule has 20 heavy (non-hydrogen) atoms. The molecular formula is C13H24N6O. The molecule has 0 radical (unpaired) electrons. The first kappa shape index (κ1) is 14.9. The van der Waals surface area contributed by atoms with E-state index in [1.807, 2.05) is 5.43 Å². The van der Waals surface area contributed by atoms with E-state index in [-0.39, 0.29) is 5.69 Å². The summed E-state index contributed by atoms with van der Waals surface area (Å²) in [4.78, 5) is 13.6. The van der Waals surface area contributed by atoms with Crippen molar-refractivity contribution in [3.63, 3.8) is 0 Å². The second-order valence-electron chi connectivity index (χ2n) is 5.61. The van der Waals surface area contributed by atoms with Crippen molar-refractivity contribution < 1.29 is 4.79 Å². The van der Waals surface area contributed by atoms with Crippen LogP contribution in [0.2, 0.25) is 0 Å². The summed E-state index contributed by atoms with van der Waals surface area (Å²) in [7, 11) is 2.14. The highest BCUT2D eigenvalue weighted by molar-refractivity contribution is 5.91. The molecule has 3 N–H and O–H groups in total. The summed E-state index contributed by atoms with van der Waals surface area (Å²) in [5, 5.41) is 7.71. The Morgan fingerprint density at radius 2 is 2.25 bits per heavy atom. The van der Waals surface area contributed by atoms with E-state index in [4.69, 9.17) is 5.84 Å². The highest BCUT2D eigenvalue weighted by Crippen LogP contribution is 2.23. The van der Waals surface area contributed by atoms with Crippen molar-refractivity contribution in [3.05, 3.63) is 11.9 Å². The second-order valence-corrected chi connectivity index (χ2v) is 5.61. The summed E-state index contributed by atoms with van der Waals surface area (Å²) in [6.45, 7) is 2.78. The van der Waals surface area contributed by atoms with Gasteiger partial charge in [-0.2, -0.15) is 0 Å². The fourth-order valence-electron chi connectivity index (χ4n) is 2.76. The van der Waals surface area contributed by atoms with Crippen LogP contribution in [0, 0.1) is 5.92 Å². The van der Waals surface area contributed by atoms with Crippen LogP contribution < -0.4 is 11.3 Å². The number of hydrogen-bond acceptors (Lipinski definition) is 5. The number of nitrogen functional groups attached to an aromatic ring is 1. The lowest BCUT2D eigenvalue weighted by atomic mass is 9.89. The van der Waals surface area contributed by atoms with E-state index in [1.54, 1.807) is 10.9 Å². The predicted octanol–water partition coefficient (Wildman–Crippen LogP) is 0.394. The molecule has 0 spiro atoms. The average Bonchev–Trinajstić information content (AvgIpc) is 2.94. The number of carbonyl (C=O) groups is 1. The number of aromatic nitrogens is 3. The summed E-state index contributed by atoms with van der Waals surface area (Å²) < 4.78 is 1.68. The maximum absolute atomic E-state index is 11.3. The zero-order valence-corrected chi connectivity index (χ0v) is 12.1. The SMILES string of the molecule is CN(CCn1cc(C(=O)NN)nn1)CC1CCCCC1. The minimum Gasteiger partial charge on any atom is -0.304 e. The summed E-state index contributed by atoms with van der Waals surface area (Å²) in [5.74, 6) is 5.48. The van der Waals surface area contributed by atoms with E-state index in [1.165, 1.54) is 32.1 Å². The van der Waals surface area contributed by atoms with Crippen molar-refractivity contribution in [1.82, 2.24) is 25.3 Å². The monoisotopic (exact) mass is 280 g/mol. The normalized spacial score (nSPS) is 16.6. The Morgan fingerprint density at radius 1 is 1.50 bits per heavy atom. The van der Waals surface area contributed by atoms with Crippen LogP contribution >= 0.6 is 0 Å². The van der Waals surface area contributed by atoms with Gasteiger partial charge in [-0.3, -0.25) is 14.9 Å². The highest BCUT2D eigenvalue weighted by atomic mass is 16.2. The van der Waals surface area contributed by atoms with E-state index in [0.29, 0.717) is 0 Å². The molecule has 0 atom stereocenters. The third-order valence-corrected chi connectivity index (χ3v) is 3.91. The molecule has 1 heterocycles. The van der Waals surface area contributed by atoms with Crippen molar-refractivity contribution in [2.45, 2.75) is 38.6 Å². The number of likely N-dealkylation sites (N-methyl/N-ethyl adjacent to an activating group) is 1. The van der Waals surface area contributed by atoms with Gasteiger partial charge in [-0.05, 0) is 25.8 Å². The Labute approximate surface area is 119 Å². The van der Waals surface area contributed by atoms with E-state index in [0.717, 1.165) is 25.6 Å². The van der Waals surface area contributed by atoms with Gasteiger partial charge in [-0.15, -0.1) is 5.10 Å².